The first-order chi connectivity index (χ1) is 18.2. The molecule has 0 aliphatic carbocycles. The molecule has 0 spiro atoms. The number of rotatable bonds is 10. The van der Waals surface area contributed by atoms with E-state index in [-0.39, 0.29) is 0 Å². The van der Waals surface area contributed by atoms with E-state index >= 15 is 0 Å². The maximum Gasteiger partial charge on any atom is 0.182 e. The van der Waals surface area contributed by atoms with Crippen LogP contribution in [-0.2, 0) is 25.1 Å². The van der Waals surface area contributed by atoms with Gasteiger partial charge in [-0.2, -0.15) is 0 Å². The minimum absolute atomic E-state index is 0.319. The van der Waals surface area contributed by atoms with Gasteiger partial charge in [0.25, 0.3) is 0 Å². The van der Waals surface area contributed by atoms with Gasteiger partial charge in [0.2, 0.25) is 0 Å². The fourth-order valence-corrected chi connectivity index (χ4v) is 3.86. The van der Waals surface area contributed by atoms with Gasteiger partial charge >= 0.3 is 0 Å². The van der Waals surface area contributed by atoms with E-state index in [2.05, 4.69) is 46.9 Å². The molecule has 0 fully saturated rings. The standard InChI is InChI=1S/C26H36FN3.C5H10.C3H8O/c1-8-20-12-11-14-23(26(7,27)28)21(20)13-9-10-15-24-29-19(6)22(16-17(2)3)25(30-24)18(4)5;1-4-5(2)3;1-2-3-4/h11-12,14,16H,2,8-10,13,15,28H2,1,3-7H3;2,4H2,1,3H3;4H,2-3H2,1H3/b22-16-;;. The Morgan fingerprint density at radius 3 is 2.05 bits per heavy atom. The summed E-state index contributed by atoms with van der Waals surface area (Å²) in [5.74, 6) is -0.958. The summed E-state index contributed by atoms with van der Waals surface area (Å²) in [7, 11) is 0. The highest BCUT2D eigenvalue weighted by atomic mass is 19.1. The van der Waals surface area contributed by atoms with Crippen molar-refractivity contribution in [1.29, 1.82) is 0 Å². The van der Waals surface area contributed by atoms with Gasteiger partial charge < -0.3 is 5.11 Å². The zero-order valence-electron chi connectivity index (χ0n) is 26.2. The Labute approximate surface area is 237 Å². The Morgan fingerprint density at radius 1 is 1.05 bits per heavy atom. The van der Waals surface area contributed by atoms with E-state index in [4.69, 9.17) is 20.8 Å². The van der Waals surface area contributed by atoms with Crippen molar-refractivity contribution in [3.05, 3.63) is 81.3 Å². The molecule has 1 heterocycles. The van der Waals surface area contributed by atoms with Gasteiger partial charge in [-0.1, -0.05) is 56.7 Å². The van der Waals surface area contributed by atoms with Crippen LogP contribution in [0, 0.1) is 6.92 Å². The highest BCUT2D eigenvalue weighted by Gasteiger charge is 2.24. The second kappa shape index (κ2) is 18.6. The second-order valence-electron chi connectivity index (χ2n) is 10.6. The van der Waals surface area contributed by atoms with Crippen molar-refractivity contribution in [3.8, 4) is 0 Å². The lowest BCUT2D eigenvalue weighted by Gasteiger charge is -2.21. The fourth-order valence-electron chi connectivity index (χ4n) is 3.86. The number of halogens is 1. The van der Waals surface area contributed by atoms with Gasteiger partial charge in [0.1, 0.15) is 5.82 Å². The van der Waals surface area contributed by atoms with Gasteiger partial charge in [-0.15, -0.1) is 6.58 Å². The topological polar surface area (TPSA) is 72.0 Å². The molecular weight excluding hydrogens is 485 g/mol. The Morgan fingerprint density at radius 2 is 1.62 bits per heavy atom. The number of allylic oxidation sites excluding steroid dienone is 2. The summed E-state index contributed by atoms with van der Waals surface area (Å²) in [6, 6.07) is 5.78. The summed E-state index contributed by atoms with van der Waals surface area (Å²) in [5, 5.41) is 9.92. The molecule has 5 heteroatoms. The van der Waals surface area contributed by atoms with Crippen LogP contribution in [0.25, 0.3) is 11.6 Å². The second-order valence-corrected chi connectivity index (χ2v) is 10.6. The number of hydrogen-bond donors (Lipinski definition) is 2. The van der Waals surface area contributed by atoms with E-state index in [9.17, 15) is 4.39 Å². The van der Waals surface area contributed by atoms with Crippen molar-refractivity contribution in [2.45, 2.75) is 113 Å². The molecule has 2 aromatic rings. The molecule has 0 saturated carbocycles. The van der Waals surface area contributed by atoms with Crippen molar-refractivity contribution in [2.24, 2.45) is 5.73 Å². The lowest BCUT2D eigenvalue weighted by atomic mass is 9.90. The van der Waals surface area contributed by atoms with Crippen LogP contribution in [0.1, 0.15) is 109 Å². The Hall–Kier alpha value is -2.63. The molecule has 0 aliphatic rings. The van der Waals surface area contributed by atoms with Crippen molar-refractivity contribution >= 4 is 11.6 Å². The summed E-state index contributed by atoms with van der Waals surface area (Å²) in [4.78, 5) is 9.55. The Bertz CT molecular complexity index is 1170. The van der Waals surface area contributed by atoms with Crippen LogP contribution in [0.3, 0.4) is 0 Å². The predicted molar refractivity (Wildman–Crippen MR) is 168 cm³/mol. The lowest BCUT2D eigenvalue weighted by molar-refractivity contribution is 0.201. The van der Waals surface area contributed by atoms with Gasteiger partial charge in [0.05, 0.1) is 5.35 Å². The number of aliphatic hydroxyl groups excluding tert-OH is 1. The molecule has 0 aliphatic heterocycles. The molecule has 0 radical (unpaired) electrons. The molecule has 0 amide bonds. The molecule has 1 aromatic heterocycles. The van der Waals surface area contributed by atoms with E-state index in [0.717, 1.165) is 78.2 Å². The summed E-state index contributed by atoms with van der Waals surface area (Å²) in [6.07, 6.45) is 8.39. The van der Waals surface area contributed by atoms with E-state index in [1.54, 1.807) is 0 Å². The minimum Gasteiger partial charge on any atom is -0.396 e. The molecule has 1 atom stereocenters. The number of aliphatic hydroxyl groups is 1. The van der Waals surface area contributed by atoms with Crippen molar-refractivity contribution in [2.75, 3.05) is 6.61 Å². The van der Waals surface area contributed by atoms with Crippen LogP contribution in [0.2, 0.25) is 0 Å². The number of aryl methyl sites for hydroxylation is 3. The first kappa shape index (κ1) is 36.4. The molecule has 0 bridgehead atoms. The summed E-state index contributed by atoms with van der Waals surface area (Å²) in [6.45, 7) is 25.7. The number of nitrogens with zero attached hydrogens (tertiary/aromatic N) is 2. The van der Waals surface area contributed by atoms with Crippen LogP contribution in [0.4, 0.5) is 4.39 Å². The van der Waals surface area contributed by atoms with Crippen LogP contribution >= 0.6 is 0 Å². The number of aromatic nitrogens is 2. The van der Waals surface area contributed by atoms with Gasteiger partial charge in [-0.25, -0.2) is 14.4 Å². The number of alkyl halides is 1. The van der Waals surface area contributed by atoms with Crippen molar-refractivity contribution < 1.29 is 9.50 Å². The number of unbranched alkanes of at least 4 members (excludes halogenated alkanes) is 1. The third-order valence-electron chi connectivity index (χ3n) is 6.13. The molecule has 1 unspecified atom stereocenters. The van der Waals surface area contributed by atoms with Crippen molar-refractivity contribution in [3.63, 3.8) is 0 Å². The maximum absolute atomic E-state index is 14.5. The Kier molecular flexibility index (Phi) is 17.4. The molecule has 4 nitrogen and oxygen atoms in total. The maximum atomic E-state index is 14.5. The molecule has 3 N–H and O–H groups in total. The van der Waals surface area contributed by atoms with Crippen LogP contribution < -0.4 is 16.3 Å². The highest BCUT2D eigenvalue weighted by Crippen LogP contribution is 2.27. The van der Waals surface area contributed by atoms with E-state index in [0.29, 0.717) is 12.2 Å². The Balaban J connectivity index is 0.00000139. The smallest absolute Gasteiger partial charge is 0.182 e. The third-order valence-corrected chi connectivity index (χ3v) is 6.13. The number of benzene rings is 1. The zero-order chi connectivity index (χ0) is 30.2. The highest BCUT2D eigenvalue weighted by molar-refractivity contribution is 5.47. The molecular formula is C34H54FN3O. The summed E-state index contributed by atoms with van der Waals surface area (Å²) in [5.41, 5.74) is 13.0. The molecule has 0 saturated heterocycles. The van der Waals surface area contributed by atoms with E-state index < -0.39 is 5.79 Å². The van der Waals surface area contributed by atoms with Crippen LogP contribution in [-0.4, -0.2) is 21.7 Å². The first-order valence-corrected chi connectivity index (χ1v) is 14.3. The predicted octanol–water partition coefficient (Wildman–Crippen LogP) is 6.92. The molecule has 39 heavy (non-hydrogen) atoms. The first-order valence-electron chi connectivity index (χ1n) is 14.3. The van der Waals surface area contributed by atoms with Crippen molar-refractivity contribution in [1.82, 2.24) is 9.97 Å². The minimum atomic E-state index is -1.82. The largest absolute Gasteiger partial charge is 0.396 e. The normalized spacial score (nSPS) is 12.5. The zero-order valence-corrected chi connectivity index (χ0v) is 26.2. The summed E-state index contributed by atoms with van der Waals surface area (Å²) < 4.78 is 14.5. The van der Waals surface area contributed by atoms with Crippen LogP contribution in [0.5, 0.6) is 0 Å². The van der Waals surface area contributed by atoms with Gasteiger partial charge in [0.15, 0.2) is 5.79 Å². The van der Waals surface area contributed by atoms with Gasteiger partial charge in [0, 0.05) is 29.5 Å². The quantitative estimate of drug-likeness (QED) is 0.195. The third kappa shape index (κ3) is 13.8. The fraction of sp³-hybridized carbons (Fsp3) is 0.529. The summed E-state index contributed by atoms with van der Waals surface area (Å²) >= 11 is 0. The molecule has 2 rings (SSSR count). The van der Waals surface area contributed by atoms with E-state index in [1.807, 2.05) is 45.9 Å². The molecule has 218 valence electrons. The monoisotopic (exact) mass is 539 g/mol. The lowest BCUT2D eigenvalue weighted by Crippen LogP contribution is -2.35. The van der Waals surface area contributed by atoms with Crippen LogP contribution in [0.15, 0.2) is 42.5 Å². The number of nitrogens with two attached hydrogens (primary N) is 1. The van der Waals surface area contributed by atoms with Gasteiger partial charge in [-0.3, -0.25) is 5.73 Å². The van der Waals surface area contributed by atoms with E-state index in [1.165, 1.54) is 23.6 Å². The van der Waals surface area contributed by atoms with Gasteiger partial charge in [-0.05, 0) is 103 Å². The molecule has 1 aromatic carbocycles. The number of hydrogen-bond acceptors (Lipinski definition) is 4. The average Bonchev–Trinajstić information content (AvgIpc) is 2.87. The SMILES string of the molecule is C=C(C)/C=c1/c(C)nc(CCCCc2c(CC)cccc2C(C)(N)F)nc1=C(C)C.C=C(C)CC.CCCO. The average molecular weight is 540 g/mol.